The lowest BCUT2D eigenvalue weighted by Gasteiger charge is -2.14. The third kappa shape index (κ3) is 8.05. The molecule has 0 aliphatic carbocycles. The van der Waals surface area contributed by atoms with Crippen LogP contribution in [0.2, 0.25) is 5.02 Å². The van der Waals surface area contributed by atoms with E-state index in [1.807, 2.05) is 25.1 Å². The Hall–Kier alpha value is -0.730. The van der Waals surface area contributed by atoms with E-state index in [4.69, 9.17) is 21.1 Å². The molecule has 126 valence electrons. The fraction of sp³-hybridized carbons (Fsp3) is 0.533. The summed E-state index contributed by atoms with van der Waals surface area (Å²) in [6.07, 6.45) is 0.933. The van der Waals surface area contributed by atoms with E-state index in [-0.39, 0.29) is 24.0 Å². The zero-order valence-corrected chi connectivity index (χ0v) is 16.4. The maximum Gasteiger partial charge on any atom is 0.191 e. The fourth-order valence-corrected chi connectivity index (χ4v) is 1.95. The lowest BCUT2D eigenvalue weighted by Crippen LogP contribution is -2.37. The average Bonchev–Trinajstić information content (AvgIpc) is 2.48. The monoisotopic (exact) mass is 441 g/mol. The number of nitrogens with zero attached hydrogens (tertiary/aromatic N) is 1. The largest absolute Gasteiger partial charge is 0.493 e. The van der Waals surface area contributed by atoms with Crippen molar-refractivity contribution in [1.29, 1.82) is 0 Å². The van der Waals surface area contributed by atoms with E-state index in [0.29, 0.717) is 18.2 Å². The van der Waals surface area contributed by atoms with Crippen molar-refractivity contribution in [2.24, 2.45) is 4.99 Å². The Morgan fingerprint density at radius 1 is 1.32 bits per heavy atom. The van der Waals surface area contributed by atoms with Crippen molar-refractivity contribution in [3.63, 3.8) is 0 Å². The predicted molar refractivity (Wildman–Crippen MR) is 103 cm³/mol. The van der Waals surface area contributed by atoms with Crippen LogP contribution in [0.3, 0.4) is 0 Å². The minimum absolute atomic E-state index is 0. The number of ether oxygens (including phenoxy) is 2. The van der Waals surface area contributed by atoms with Crippen molar-refractivity contribution < 1.29 is 9.47 Å². The molecule has 0 saturated carbocycles. The third-order valence-electron chi connectivity index (χ3n) is 2.82. The molecule has 2 N–H and O–H groups in total. The second-order valence-corrected chi connectivity index (χ2v) is 4.82. The van der Waals surface area contributed by atoms with Crippen LogP contribution in [0.15, 0.2) is 23.2 Å². The molecular weight excluding hydrogens is 417 g/mol. The highest BCUT2D eigenvalue weighted by Crippen LogP contribution is 2.23. The van der Waals surface area contributed by atoms with Gasteiger partial charge in [-0.2, -0.15) is 0 Å². The standard InChI is InChI=1S/C15H24ClN3O2.HI/c1-4-21-14-10-13(16)7-6-12(14)11-19-15(17-2)18-8-5-9-20-3;/h6-7,10H,4-5,8-9,11H2,1-3H3,(H2,17,18,19);1H. The minimum Gasteiger partial charge on any atom is -0.493 e. The molecule has 0 saturated heterocycles. The molecule has 0 fully saturated rings. The number of benzene rings is 1. The molecule has 0 aliphatic heterocycles. The summed E-state index contributed by atoms with van der Waals surface area (Å²) >= 11 is 5.99. The molecule has 1 rings (SSSR count). The number of hydrogen-bond donors (Lipinski definition) is 2. The van der Waals surface area contributed by atoms with Crippen LogP contribution < -0.4 is 15.4 Å². The van der Waals surface area contributed by atoms with Crippen molar-refractivity contribution in [1.82, 2.24) is 10.6 Å². The van der Waals surface area contributed by atoms with Crippen LogP contribution in [0.1, 0.15) is 18.9 Å². The first-order valence-electron chi connectivity index (χ1n) is 7.06. The van der Waals surface area contributed by atoms with Gasteiger partial charge >= 0.3 is 0 Å². The van der Waals surface area contributed by atoms with Gasteiger partial charge in [0.25, 0.3) is 0 Å². The number of aliphatic imine (C=N–C) groups is 1. The van der Waals surface area contributed by atoms with Crippen molar-refractivity contribution in [2.45, 2.75) is 19.9 Å². The molecule has 0 spiro atoms. The van der Waals surface area contributed by atoms with E-state index < -0.39 is 0 Å². The molecule has 22 heavy (non-hydrogen) atoms. The maximum atomic E-state index is 5.99. The van der Waals surface area contributed by atoms with E-state index in [9.17, 15) is 0 Å². The second kappa shape index (κ2) is 12.8. The molecule has 0 radical (unpaired) electrons. The quantitative estimate of drug-likeness (QED) is 0.282. The van der Waals surface area contributed by atoms with E-state index in [2.05, 4.69) is 15.6 Å². The highest BCUT2D eigenvalue weighted by Gasteiger charge is 2.05. The first-order valence-corrected chi connectivity index (χ1v) is 7.43. The summed E-state index contributed by atoms with van der Waals surface area (Å²) in [5, 5.41) is 7.16. The van der Waals surface area contributed by atoms with E-state index in [0.717, 1.165) is 36.8 Å². The molecule has 0 aliphatic rings. The fourth-order valence-electron chi connectivity index (χ4n) is 1.79. The Kier molecular flexibility index (Phi) is 12.4. The molecule has 0 aromatic heterocycles. The Labute approximate surface area is 154 Å². The molecule has 0 amide bonds. The lowest BCUT2D eigenvalue weighted by molar-refractivity contribution is 0.195. The van der Waals surface area contributed by atoms with Gasteiger partial charge < -0.3 is 20.1 Å². The predicted octanol–water partition coefficient (Wildman–Crippen LogP) is 3.06. The number of nitrogens with one attached hydrogen (secondary N) is 2. The van der Waals surface area contributed by atoms with Gasteiger partial charge in [0.2, 0.25) is 0 Å². The van der Waals surface area contributed by atoms with Crippen LogP contribution >= 0.6 is 35.6 Å². The maximum absolute atomic E-state index is 5.99. The first kappa shape index (κ1) is 21.3. The zero-order chi connectivity index (χ0) is 15.5. The summed E-state index contributed by atoms with van der Waals surface area (Å²) < 4.78 is 10.6. The molecule has 1 aromatic carbocycles. The number of methoxy groups -OCH3 is 1. The highest BCUT2D eigenvalue weighted by atomic mass is 127. The molecular formula is C15H25ClIN3O2. The van der Waals surface area contributed by atoms with Gasteiger partial charge in [0.1, 0.15) is 5.75 Å². The Morgan fingerprint density at radius 2 is 2.09 bits per heavy atom. The molecule has 0 atom stereocenters. The van der Waals surface area contributed by atoms with Crippen molar-refractivity contribution in [3.8, 4) is 5.75 Å². The summed E-state index contributed by atoms with van der Waals surface area (Å²) in [6.45, 7) is 4.73. The number of guanidine groups is 1. The Bertz CT molecular complexity index is 458. The summed E-state index contributed by atoms with van der Waals surface area (Å²) in [5.74, 6) is 1.55. The minimum atomic E-state index is 0. The van der Waals surface area contributed by atoms with Gasteiger partial charge in [-0.05, 0) is 25.5 Å². The van der Waals surface area contributed by atoms with E-state index >= 15 is 0 Å². The van der Waals surface area contributed by atoms with E-state index in [1.165, 1.54) is 0 Å². The zero-order valence-electron chi connectivity index (χ0n) is 13.3. The first-order chi connectivity index (χ1) is 10.2. The average molecular weight is 442 g/mol. The van der Waals surface area contributed by atoms with Crippen LogP contribution in [0.5, 0.6) is 5.75 Å². The van der Waals surface area contributed by atoms with Gasteiger partial charge in [-0.15, -0.1) is 24.0 Å². The number of rotatable bonds is 8. The molecule has 0 heterocycles. The van der Waals surface area contributed by atoms with Crippen molar-refractivity contribution in [2.75, 3.05) is 33.9 Å². The van der Waals surface area contributed by atoms with Crippen LogP contribution in [0.25, 0.3) is 0 Å². The van der Waals surface area contributed by atoms with Gasteiger partial charge in [-0.1, -0.05) is 17.7 Å². The summed E-state index contributed by atoms with van der Waals surface area (Å²) in [5.41, 5.74) is 1.04. The van der Waals surface area contributed by atoms with Crippen molar-refractivity contribution >= 4 is 41.5 Å². The van der Waals surface area contributed by atoms with Crippen LogP contribution in [-0.4, -0.2) is 39.9 Å². The summed E-state index contributed by atoms with van der Waals surface area (Å²) in [4.78, 5) is 4.18. The third-order valence-corrected chi connectivity index (χ3v) is 3.05. The Balaban J connectivity index is 0.00000441. The van der Waals surface area contributed by atoms with Crippen molar-refractivity contribution in [3.05, 3.63) is 28.8 Å². The molecule has 0 bridgehead atoms. The normalized spacial score (nSPS) is 10.8. The SMILES string of the molecule is CCOc1cc(Cl)ccc1CNC(=NC)NCCCOC.I. The van der Waals surface area contributed by atoms with Gasteiger partial charge in [-0.25, -0.2) is 0 Å². The van der Waals surface area contributed by atoms with Crippen LogP contribution in [0, 0.1) is 0 Å². The molecule has 0 unspecified atom stereocenters. The molecule has 5 nitrogen and oxygen atoms in total. The van der Waals surface area contributed by atoms with Gasteiger partial charge in [0, 0.05) is 44.4 Å². The van der Waals surface area contributed by atoms with Gasteiger partial charge in [0.15, 0.2) is 5.96 Å². The smallest absolute Gasteiger partial charge is 0.191 e. The van der Waals surface area contributed by atoms with Gasteiger partial charge in [-0.3, -0.25) is 4.99 Å². The van der Waals surface area contributed by atoms with Crippen LogP contribution in [-0.2, 0) is 11.3 Å². The summed E-state index contributed by atoms with van der Waals surface area (Å²) in [7, 11) is 3.44. The Morgan fingerprint density at radius 3 is 2.73 bits per heavy atom. The topological polar surface area (TPSA) is 54.9 Å². The van der Waals surface area contributed by atoms with Gasteiger partial charge in [0.05, 0.1) is 6.61 Å². The second-order valence-electron chi connectivity index (χ2n) is 4.38. The number of halogens is 2. The lowest BCUT2D eigenvalue weighted by atomic mass is 10.2. The summed E-state index contributed by atoms with van der Waals surface area (Å²) in [6, 6.07) is 5.64. The number of hydrogen-bond acceptors (Lipinski definition) is 3. The van der Waals surface area contributed by atoms with E-state index in [1.54, 1.807) is 14.2 Å². The van der Waals surface area contributed by atoms with Crippen LogP contribution in [0.4, 0.5) is 0 Å². The molecule has 7 heteroatoms. The molecule has 1 aromatic rings. The highest BCUT2D eigenvalue weighted by molar-refractivity contribution is 14.0.